The molecule has 1 heterocycles. The first kappa shape index (κ1) is 7.39. The maximum atomic E-state index is 2.13. The highest BCUT2D eigenvalue weighted by Gasteiger charge is 2.47. The molecule has 0 atom stereocenters. The van der Waals surface area contributed by atoms with Crippen LogP contribution in [0.3, 0.4) is 0 Å². The van der Waals surface area contributed by atoms with Crippen molar-refractivity contribution in [3.63, 3.8) is 0 Å². The number of thioether (sulfide) groups is 1. The summed E-state index contributed by atoms with van der Waals surface area (Å²) in [5, 5.41) is 0. The Morgan fingerprint density at radius 2 is 1.38 bits per heavy atom. The molecule has 0 aromatic carbocycles. The third kappa shape index (κ3) is 1.000. The third-order valence-electron chi connectivity index (χ3n) is 4.63. The first-order valence-electron chi connectivity index (χ1n) is 5.76. The van der Waals surface area contributed by atoms with E-state index in [2.05, 4.69) is 11.8 Å². The molecule has 4 aliphatic carbocycles. The van der Waals surface area contributed by atoms with Gasteiger partial charge >= 0.3 is 0 Å². The van der Waals surface area contributed by atoms with Crippen LogP contribution in [0, 0.1) is 23.7 Å². The minimum atomic E-state index is 1.06. The minimum Gasteiger partial charge on any atom is -0.124 e. The zero-order chi connectivity index (χ0) is 8.41. The van der Waals surface area contributed by atoms with Crippen LogP contribution in [0.5, 0.6) is 0 Å². The van der Waals surface area contributed by atoms with Crippen LogP contribution in [0.2, 0.25) is 0 Å². The molecule has 4 bridgehead atoms. The molecule has 5 rings (SSSR count). The van der Waals surface area contributed by atoms with E-state index in [9.17, 15) is 0 Å². The molecule has 1 saturated heterocycles. The van der Waals surface area contributed by atoms with Gasteiger partial charge in [-0.25, -0.2) is 0 Å². The number of hydrogen-bond acceptors (Lipinski definition) is 1. The van der Waals surface area contributed by atoms with Crippen molar-refractivity contribution in [3.05, 3.63) is 10.5 Å². The molecule has 0 aromatic heterocycles. The van der Waals surface area contributed by atoms with E-state index in [1.807, 2.05) is 10.5 Å². The van der Waals surface area contributed by atoms with Crippen LogP contribution < -0.4 is 0 Å². The van der Waals surface area contributed by atoms with E-state index in [4.69, 9.17) is 0 Å². The lowest BCUT2D eigenvalue weighted by atomic mass is 9.54. The highest BCUT2D eigenvalue weighted by molar-refractivity contribution is 8.11. The van der Waals surface area contributed by atoms with Crippen LogP contribution in [-0.2, 0) is 0 Å². The van der Waals surface area contributed by atoms with Crippen LogP contribution in [0.15, 0.2) is 10.5 Å². The Morgan fingerprint density at radius 1 is 0.846 bits per heavy atom. The number of rotatable bonds is 0. The van der Waals surface area contributed by atoms with Gasteiger partial charge in [-0.05, 0) is 60.7 Å². The molecule has 5 fully saturated rings. The summed E-state index contributed by atoms with van der Waals surface area (Å²) in [5.74, 6) is 5.77. The highest BCUT2D eigenvalue weighted by atomic mass is 32.2. The molecule has 0 N–H and O–H groups in total. The molecular formula is C12H16S. The van der Waals surface area contributed by atoms with Gasteiger partial charge in [0.2, 0.25) is 0 Å². The first-order valence-corrected chi connectivity index (χ1v) is 6.74. The summed E-state index contributed by atoms with van der Waals surface area (Å²) in [6.45, 7) is 0. The van der Waals surface area contributed by atoms with E-state index in [1.165, 1.54) is 5.75 Å². The van der Waals surface area contributed by atoms with Gasteiger partial charge in [0.05, 0.1) is 0 Å². The van der Waals surface area contributed by atoms with Crippen LogP contribution >= 0.6 is 11.8 Å². The number of hydrogen-bond donors (Lipinski definition) is 0. The molecule has 0 spiro atoms. The lowest BCUT2D eigenvalue weighted by molar-refractivity contribution is 0.0694. The van der Waals surface area contributed by atoms with Crippen LogP contribution in [-0.4, -0.2) is 5.75 Å². The first-order chi connectivity index (χ1) is 6.40. The largest absolute Gasteiger partial charge is 0.124 e. The molecule has 0 nitrogen and oxygen atoms in total. The predicted octanol–water partition coefficient (Wildman–Crippen LogP) is 3.44. The van der Waals surface area contributed by atoms with Crippen molar-refractivity contribution in [2.45, 2.75) is 32.1 Å². The predicted molar refractivity (Wildman–Crippen MR) is 56.5 cm³/mol. The normalized spacial score (nSPS) is 51.7. The maximum absolute atomic E-state index is 2.13. The van der Waals surface area contributed by atoms with Crippen molar-refractivity contribution in [3.8, 4) is 0 Å². The van der Waals surface area contributed by atoms with Crippen molar-refractivity contribution in [1.82, 2.24) is 0 Å². The Bertz CT molecular complexity index is 253. The summed E-state index contributed by atoms with van der Waals surface area (Å²) in [6, 6.07) is 0. The Hall–Kier alpha value is 0.0900. The van der Waals surface area contributed by atoms with Gasteiger partial charge in [0.25, 0.3) is 0 Å². The molecule has 0 aromatic rings. The van der Waals surface area contributed by atoms with Gasteiger partial charge in [-0.2, -0.15) is 0 Å². The standard InChI is InChI=1S/C12H16S/c1-7-2-9-4-8(1)5-10(3-7)12(9)11-6-13-11/h7-10H,1-6H2. The summed E-state index contributed by atoms with van der Waals surface area (Å²) in [4.78, 5) is 1.81. The molecule has 5 aliphatic rings. The molecular weight excluding hydrogens is 176 g/mol. The zero-order valence-electron chi connectivity index (χ0n) is 7.96. The second-order valence-electron chi connectivity index (χ2n) is 5.47. The van der Waals surface area contributed by atoms with Crippen LogP contribution in [0.1, 0.15) is 32.1 Å². The molecule has 0 amide bonds. The van der Waals surface area contributed by atoms with E-state index in [0.717, 1.165) is 23.7 Å². The van der Waals surface area contributed by atoms with E-state index >= 15 is 0 Å². The molecule has 0 radical (unpaired) electrons. The van der Waals surface area contributed by atoms with Gasteiger partial charge < -0.3 is 0 Å². The SMILES string of the molecule is C1SC1=C1C2CC3CC(C2)CC1C3. The van der Waals surface area contributed by atoms with Gasteiger partial charge in [-0.15, -0.1) is 11.8 Å². The van der Waals surface area contributed by atoms with Gasteiger partial charge in [0.1, 0.15) is 0 Å². The van der Waals surface area contributed by atoms with Crippen molar-refractivity contribution in [2.75, 3.05) is 5.75 Å². The maximum Gasteiger partial charge on any atom is 0.0288 e. The van der Waals surface area contributed by atoms with Crippen molar-refractivity contribution >= 4 is 11.8 Å². The lowest BCUT2D eigenvalue weighted by Gasteiger charge is -2.51. The van der Waals surface area contributed by atoms with Gasteiger partial charge in [0, 0.05) is 5.75 Å². The second-order valence-corrected chi connectivity index (χ2v) is 6.54. The quantitative estimate of drug-likeness (QED) is 0.530. The Morgan fingerprint density at radius 3 is 1.85 bits per heavy atom. The van der Waals surface area contributed by atoms with Crippen LogP contribution in [0.25, 0.3) is 0 Å². The van der Waals surface area contributed by atoms with Crippen LogP contribution in [0.4, 0.5) is 0 Å². The molecule has 0 unspecified atom stereocenters. The molecule has 1 aliphatic heterocycles. The highest BCUT2D eigenvalue weighted by Crippen LogP contribution is 2.60. The van der Waals surface area contributed by atoms with Gasteiger partial charge in [0.15, 0.2) is 0 Å². The van der Waals surface area contributed by atoms with Gasteiger partial charge in [-0.3, -0.25) is 0 Å². The molecule has 13 heavy (non-hydrogen) atoms. The molecule has 1 heteroatoms. The topological polar surface area (TPSA) is 0 Å². The average Bonchev–Trinajstić information content (AvgIpc) is 2.85. The Kier molecular flexibility index (Phi) is 1.34. The van der Waals surface area contributed by atoms with Crippen molar-refractivity contribution in [2.24, 2.45) is 23.7 Å². The second kappa shape index (κ2) is 2.36. The number of allylic oxidation sites excluding steroid dienone is 1. The molecule has 4 saturated carbocycles. The van der Waals surface area contributed by atoms with Crippen molar-refractivity contribution < 1.29 is 0 Å². The van der Waals surface area contributed by atoms with E-state index < -0.39 is 0 Å². The fourth-order valence-corrected chi connectivity index (χ4v) is 5.09. The van der Waals surface area contributed by atoms with Crippen molar-refractivity contribution in [1.29, 1.82) is 0 Å². The summed E-state index contributed by atoms with van der Waals surface area (Å²) in [6.07, 6.45) is 7.83. The van der Waals surface area contributed by atoms with Gasteiger partial charge in [-0.1, -0.05) is 5.57 Å². The van der Waals surface area contributed by atoms with E-state index in [-0.39, 0.29) is 0 Å². The third-order valence-corrected chi connectivity index (χ3v) is 5.44. The molecule has 70 valence electrons. The smallest absolute Gasteiger partial charge is 0.0288 e. The monoisotopic (exact) mass is 192 g/mol. The van der Waals surface area contributed by atoms with E-state index in [0.29, 0.717) is 0 Å². The summed E-state index contributed by atoms with van der Waals surface area (Å²) in [7, 11) is 0. The van der Waals surface area contributed by atoms with E-state index in [1.54, 1.807) is 32.1 Å². The minimum absolute atomic E-state index is 1.06. The Labute approximate surface area is 84.2 Å². The summed E-state index contributed by atoms with van der Waals surface area (Å²) in [5.41, 5.74) is 1.96. The summed E-state index contributed by atoms with van der Waals surface area (Å²) >= 11 is 2.13. The summed E-state index contributed by atoms with van der Waals surface area (Å²) < 4.78 is 0. The zero-order valence-corrected chi connectivity index (χ0v) is 8.78. The lowest BCUT2D eigenvalue weighted by Crippen LogP contribution is -2.40. The fraction of sp³-hybridized carbons (Fsp3) is 0.833. The Balaban J connectivity index is 1.78. The fourth-order valence-electron chi connectivity index (χ4n) is 4.35. The average molecular weight is 192 g/mol.